The maximum absolute atomic E-state index is 11.2. The van der Waals surface area contributed by atoms with E-state index in [2.05, 4.69) is 20.7 Å². The van der Waals surface area contributed by atoms with Gasteiger partial charge in [-0.3, -0.25) is 0 Å². The molecule has 1 N–H and O–H groups in total. The van der Waals surface area contributed by atoms with E-state index in [4.69, 9.17) is 4.74 Å². The van der Waals surface area contributed by atoms with Crippen molar-refractivity contribution in [2.45, 2.75) is 6.10 Å². The molecule has 0 heterocycles. The van der Waals surface area contributed by atoms with E-state index in [1.165, 1.54) is 14.2 Å². The molecule has 5 heteroatoms. The van der Waals surface area contributed by atoms with Crippen molar-refractivity contribution >= 4 is 21.9 Å². The zero-order valence-electron chi connectivity index (χ0n) is 8.36. The molecular weight excluding hydrogens is 264 g/mol. The van der Waals surface area contributed by atoms with Crippen molar-refractivity contribution in [1.29, 1.82) is 0 Å². The molecule has 1 rings (SSSR count). The van der Waals surface area contributed by atoms with Crippen LogP contribution >= 0.6 is 15.9 Å². The van der Waals surface area contributed by atoms with Crippen LogP contribution in [0.4, 0.5) is 0 Å². The van der Waals surface area contributed by atoms with Crippen LogP contribution in [0.3, 0.4) is 0 Å². The number of ether oxygens (including phenoxy) is 2. The Morgan fingerprint density at radius 1 is 1.47 bits per heavy atom. The summed E-state index contributed by atoms with van der Waals surface area (Å²) >= 11 is 3.24. The standard InChI is InChI=1S/C10H11BrO4/c1-14-7-5-3-4-6(11)8(7)9(12)10(13)15-2/h3-5,9,12H,1-2H3. The maximum atomic E-state index is 11.2. The molecule has 0 aliphatic carbocycles. The van der Waals surface area contributed by atoms with Gasteiger partial charge in [0, 0.05) is 10.0 Å². The molecule has 4 nitrogen and oxygen atoms in total. The summed E-state index contributed by atoms with van der Waals surface area (Å²) in [6.45, 7) is 0. The highest BCUT2D eigenvalue weighted by molar-refractivity contribution is 9.10. The second kappa shape index (κ2) is 5.14. The first-order chi connectivity index (χ1) is 7.11. The lowest BCUT2D eigenvalue weighted by molar-refractivity contribution is -0.150. The number of aliphatic hydroxyl groups excluding tert-OH is 1. The maximum Gasteiger partial charge on any atom is 0.339 e. The van der Waals surface area contributed by atoms with Crippen LogP contribution in [0, 0.1) is 0 Å². The molecule has 0 aromatic heterocycles. The number of halogens is 1. The number of esters is 1. The zero-order chi connectivity index (χ0) is 11.4. The summed E-state index contributed by atoms with van der Waals surface area (Å²) in [5.41, 5.74) is 0.367. The Labute approximate surface area is 95.9 Å². The number of rotatable bonds is 3. The Kier molecular flexibility index (Phi) is 4.11. The van der Waals surface area contributed by atoms with Crippen molar-refractivity contribution in [2.75, 3.05) is 14.2 Å². The third-order valence-corrected chi connectivity index (χ3v) is 2.62. The Bertz CT molecular complexity index is 364. The second-order valence-corrected chi connectivity index (χ2v) is 3.64. The fourth-order valence-electron chi connectivity index (χ4n) is 1.19. The van der Waals surface area contributed by atoms with Crippen LogP contribution in [0.25, 0.3) is 0 Å². The van der Waals surface area contributed by atoms with Crippen molar-refractivity contribution in [3.63, 3.8) is 0 Å². The van der Waals surface area contributed by atoms with Crippen LogP contribution < -0.4 is 4.74 Å². The smallest absolute Gasteiger partial charge is 0.339 e. The average Bonchev–Trinajstić information content (AvgIpc) is 2.26. The minimum atomic E-state index is -1.35. The van der Waals surface area contributed by atoms with Crippen molar-refractivity contribution in [3.8, 4) is 5.75 Å². The van der Waals surface area contributed by atoms with E-state index in [9.17, 15) is 9.90 Å². The summed E-state index contributed by atoms with van der Waals surface area (Å²) in [5, 5.41) is 9.70. The third-order valence-electron chi connectivity index (χ3n) is 1.93. The number of hydrogen-bond acceptors (Lipinski definition) is 4. The van der Waals surface area contributed by atoms with Gasteiger partial charge in [-0.05, 0) is 12.1 Å². The van der Waals surface area contributed by atoms with Crippen LogP contribution in [-0.2, 0) is 9.53 Å². The van der Waals surface area contributed by atoms with Crippen LogP contribution in [0.5, 0.6) is 5.75 Å². The number of benzene rings is 1. The Balaban J connectivity index is 3.16. The highest BCUT2D eigenvalue weighted by Crippen LogP contribution is 2.32. The van der Waals surface area contributed by atoms with Gasteiger partial charge in [-0.25, -0.2) is 4.79 Å². The van der Waals surface area contributed by atoms with Gasteiger partial charge in [0.2, 0.25) is 0 Å². The number of carbonyl (C=O) groups is 1. The Hall–Kier alpha value is -1.07. The van der Waals surface area contributed by atoms with Gasteiger partial charge in [0.05, 0.1) is 14.2 Å². The fourth-order valence-corrected chi connectivity index (χ4v) is 1.75. The molecule has 0 saturated heterocycles. The third kappa shape index (κ3) is 2.49. The van der Waals surface area contributed by atoms with Crippen LogP contribution in [0.15, 0.2) is 22.7 Å². The SMILES string of the molecule is COC(=O)C(O)c1c(Br)cccc1OC. The van der Waals surface area contributed by atoms with E-state index >= 15 is 0 Å². The molecule has 82 valence electrons. The normalized spacial score (nSPS) is 12.0. The summed E-state index contributed by atoms with van der Waals surface area (Å²) in [7, 11) is 2.68. The van der Waals surface area contributed by atoms with Gasteiger partial charge in [0.15, 0.2) is 6.10 Å². The Morgan fingerprint density at radius 2 is 2.13 bits per heavy atom. The van der Waals surface area contributed by atoms with Gasteiger partial charge in [-0.1, -0.05) is 22.0 Å². The van der Waals surface area contributed by atoms with Crippen molar-refractivity contribution in [2.24, 2.45) is 0 Å². The van der Waals surface area contributed by atoms with E-state index in [0.29, 0.717) is 15.8 Å². The topological polar surface area (TPSA) is 55.8 Å². The molecular formula is C10H11BrO4. The molecule has 1 unspecified atom stereocenters. The zero-order valence-corrected chi connectivity index (χ0v) is 9.95. The van der Waals surface area contributed by atoms with E-state index < -0.39 is 12.1 Å². The second-order valence-electron chi connectivity index (χ2n) is 2.78. The van der Waals surface area contributed by atoms with E-state index in [1.54, 1.807) is 18.2 Å². The molecule has 0 aliphatic rings. The molecule has 15 heavy (non-hydrogen) atoms. The number of methoxy groups -OCH3 is 2. The van der Waals surface area contributed by atoms with Gasteiger partial charge < -0.3 is 14.6 Å². The van der Waals surface area contributed by atoms with E-state index in [0.717, 1.165) is 0 Å². The Morgan fingerprint density at radius 3 is 2.67 bits per heavy atom. The van der Waals surface area contributed by atoms with Crippen molar-refractivity contribution < 1.29 is 19.4 Å². The lowest BCUT2D eigenvalue weighted by Crippen LogP contribution is -2.14. The summed E-state index contributed by atoms with van der Waals surface area (Å²) in [5.74, 6) is -0.289. The van der Waals surface area contributed by atoms with Gasteiger partial charge in [-0.15, -0.1) is 0 Å². The highest BCUT2D eigenvalue weighted by Gasteiger charge is 2.24. The molecule has 0 bridgehead atoms. The quantitative estimate of drug-likeness (QED) is 0.852. The van der Waals surface area contributed by atoms with Gasteiger partial charge >= 0.3 is 5.97 Å². The monoisotopic (exact) mass is 274 g/mol. The number of hydrogen-bond donors (Lipinski definition) is 1. The molecule has 1 atom stereocenters. The summed E-state index contributed by atoms with van der Waals surface area (Å²) in [6.07, 6.45) is -1.35. The summed E-state index contributed by atoms with van der Waals surface area (Å²) in [6, 6.07) is 5.12. The first-order valence-corrected chi connectivity index (χ1v) is 4.99. The molecule has 0 amide bonds. The lowest BCUT2D eigenvalue weighted by Gasteiger charge is -2.14. The largest absolute Gasteiger partial charge is 0.496 e. The first kappa shape index (κ1) is 12.0. The van der Waals surface area contributed by atoms with Crippen molar-refractivity contribution in [3.05, 3.63) is 28.2 Å². The molecule has 0 aliphatic heterocycles. The molecule has 0 spiro atoms. The summed E-state index contributed by atoms with van der Waals surface area (Å²) < 4.78 is 10.1. The lowest BCUT2D eigenvalue weighted by atomic mass is 10.1. The van der Waals surface area contributed by atoms with Crippen LogP contribution in [-0.4, -0.2) is 25.3 Å². The van der Waals surface area contributed by atoms with Crippen LogP contribution in [0.1, 0.15) is 11.7 Å². The molecule has 0 saturated carbocycles. The molecule has 1 aromatic rings. The average molecular weight is 275 g/mol. The number of aliphatic hydroxyl groups is 1. The fraction of sp³-hybridized carbons (Fsp3) is 0.300. The van der Waals surface area contributed by atoms with Gasteiger partial charge in [-0.2, -0.15) is 0 Å². The number of carbonyl (C=O) groups excluding carboxylic acids is 1. The van der Waals surface area contributed by atoms with Gasteiger partial charge in [0.1, 0.15) is 5.75 Å². The molecule has 0 radical (unpaired) electrons. The van der Waals surface area contributed by atoms with E-state index in [-0.39, 0.29) is 0 Å². The predicted octanol–water partition coefficient (Wildman–Crippen LogP) is 1.66. The summed E-state index contributed by atoms with van der Waals surface area (Å²) in [4.78, 5) is 11.2. The molecule has 0 fully saturated rings. The first-order valence-electron chi connectivity index (χ1n) is 4.20. The van der Waals surface area contributed by atoms with Crippen LogP contribution in [0.2, 0.25) is 0 Å². The minimum Gasteiger partial charge on any atom is -0.496 e. The molecule has 1 aromatic carbocycles. The highest BCUT2D eigenvalue weighted by atomic mass is 79.9. The van der Waals surface area contributed by atoms with Crippen molar-refractivity contribution in [1.82, 2.24) is 0 Å². The predicted molar refractivity (Wildman–Crippen MR) is 57.7 cm³/mol. The van der Waals surface area contributed by atoms with E-state index in [1.807, 2.05) is 0 Å². The van der Waals surface area contributed by atoms with Gasteiger partial charge in [0.25, 0.3) is 0 Å². The minimum absolute atomic E-state index is 0.367.